The van der Waals surface area contributed by atoms with Crippen molar-refractivity contribution in [3.8, 4) is 0 Å². The maximum Gasteiger partial charge on any atom is 0.165 e. The summed E-state index contributed by atoms with van der Waals surface area (Å²) in [5, 5.41) is 0. The van der Waals surface area contributed by atoms with E-state index in [9.17, 15) is 4.79 Å². The zero-order chi connectivity index (χ0) is 20.8. The van der Waals surface area contributed by atoms with Gasteiger partial charge in [-0.2, -0.15) is 0 Å². The molecule has 2 unspecified atom stereocenters. The number of Topliss-reactive ketones (excluding diaryl/α,β-unsaturated/α-hetero) is 1. The highest BCUT2D eigenvalue weighted by Crippen LogP contribution is 2.29. The van der Waals surface area contributed by atoms with Gasteiger partial charge in [-0.25, -0.2) is 0 Å². The minimum atomic E-state index is 0.153. The molecule has 27 heavy (non-hydrogen) atoms. The van der Waals surface area contributed by atoms with Gasteiger partial charge in [0, 0.05) is 32.1 Å². The highest BCUT2D eigenvalue weighted by molar-refractivity contribution is 5.97. The molecule has 0 radical (unpaired) electrons. The van der Waals surface area contributed by atoms with Crippen LogP contribution in [-0.2, 0) is 14.2 Å². The molecule has 0 spiro atoms. The molecule has 1 heterocycles. The Morgan fingerprint density at radius 2 is 1.81 bits per heavy atom. The topological polar surface area (TPSA) is 44.8 Å². The van der Waals surface area contributed by atoms with Gasteiger partial charge in [0.05, 0.1) is 24.9 Å². The number of ether oxygens (including phenoxy) is 3. The first-order valence-corrected chi connectivity index (χ1v) is 10.2. The molecule has 4 nitrogen and oxygen atoms in total. The lowest BCUT2D eigenvalue weighted by Crippen LogP contribution is -2.42. The molecule has 1 saturated heterocycles. The molecule has 0 aromatic heterocycles. The van der Waals surface area contributed by atoms with Gasteiger partial charge in [0.15, 0.2) is 5.78 Å². The molecule has 0 bridgehead atoms. The van der Waals surface area contributed by atoms with Gasteiger partial charge in [-0.05, 0) is 39.2 Å². The summed E-state index contributed by atoms with van der Waals surface area (Å²) in [7, 11) is 3.41. The molecular weight excluding hydrogens is 340 g/mol. The summed E-state index contributed by atoms with van der Waals surface area (Å²) in [6.45, 7) is 12.9. The Labute approximate surface area is 166 Å². The number of aryl methyl sites for hydroxylation is 1. The van der Waals surface area contributed by atoms with Crippen LogP contribution in [0.1, 0.15) is 69.8 Å². The fourth-order valence-electron chi connectivity index (χ4n) is 3.41. The van der Waals surface area contributed by atoms with Crippen molar-refractivity contribution in [3.05, 3.63) is 35.4 Å². The third-order valence-electron chi connectivity index (χ3n) is 4.84. The number of carbonyl (C=O) groups excluding carboxylic acids is 1. The quantitative estimate of drug-likeness (QED) is 0.614. The van der Waals surface area contributed by atoms with E-state index in [2.05, 4.69) is 20.8 Å². The highest BCUT2D eigenvalue weighted by Gasteiger charge is 2.33. The zero-order valence-electron chi connectivity index (χ0n) is 18.6. The maximum atomic E-state index is 11.5. The summed E-state index contributed by atoms with van der Waals surface area (Å²) in [6.07, 6.45) is 3.75. The first kappa shape index (κ1) is 25.8. The van der Waals surface area contributed by atoms with Crippen LogP contribution in [-0.4, -0.2) is 44.9 Å². The zero-order valence-corrected chi connectivity index (χ0v) is 18.6. The van der Waals surface area contributed by atoms with Crippen molar-refractivity contribution in [1.29, 1.82) is 0 Å². The number of benzene rings is 1. The molecule has 156 valence electrons. The molecule has 1 aromatic rings. The lowest BCUT2D eigenvalue weighted by molar-refractivity contribution is -0.133. The average molecular weight is 381 g/mol. The van der Waals surface area contributed by atoms with Gasteiger partial charge in [-0.1, -0.05) is 45.0 Å². The molecule has 1 aliphatic heterocycles. The van der Waals surface area contributed by atoms with Crippen molar-refractivity contribution >= 4 is 5.78 Å². The predicted molar refractivity (Wildman–Crippen MR) is 113 cm³/mol. The summed E-state index contributed by atoms with van der Waals surface area (Å²) in [5.74, 6) is 0.728. The van der Waals surface area contributed by atoms with Crippen molar-refractivity contribution in [1.82, 2.24) is 0 Å². The highest BCUT2D eigenvalue weighted by atomic mass is 16.5. The second kappa shape index (κ2) is 14.8. The van der Waals surface area contributed by atoms with Gasteiger partial charge in [0.25, 0.3) is 0 Å². The summed E-state index contributed by atoms with van der Waals surface area (Å²) >= 11 is 0. The third-order valence-corrected chi connectivity index (χ3v) is 4.84. The van der Waals surface area contributed by atoms with E-state index in [1.807, 2.05) is 45.0 Å². The summed E-state index contributed by atoms with van der Waals surface area (Å²) in [6, 6.07) is 7.61. The molecule has 2 rings (SSSR count). The van der Waals surface area contributed by atoms with Gasteiger partial charge in [-0.15, -0.1) is 0 Å². The largest absolute Gasteiger partial charge is 0.384 e. The molecule has 1 aliphatic rings. The standard InChI is InChI=1S/C11H14O2.C10H20O2.C2H6/c1-9-5-3-4-6-10(9)11(12)7-8-13-2;1-5-9-8(3)12-7(2)6-10(9)11-4;1-2/h3-6H,7-8H2,1-2H3;7-10H,5-6H2,1-4H3;1-2H3/t;7-,8?,9-,10?;/m.0./s1. The van der Waals surface area contributed by atoms with Crippen LogP contribution in [0.2, 0.25) is 0 Å². The van der Waals surface area contributed by atoms with Crippen LogP contribution in [0.15, 0.2) is 24.3 Å². The Hall–Kier alpha value is -1.23. The monoisotopic (exact) mass is 380 g/mol. The molecule has 0 N–H and O–H groups in total. The molecule has 4 atom stereocenters. The minimum absolute atomic E-state index is 0.153. The van der Waals surface area contributed by atoms with Crippen LogP contribution in [0.4, 0.5) is 0 Å². The van der Waals surface area contributed by atoms with E-state index in [1.54, 1.807) is 14.2 Å². The maximum absolute atomic E-state index is 11.5. The van der Waals surface area contributed by atoms with Gasteiger partial charge in [-0.3, -0.25) is 4.79 Å². The van der Waals surface area contributed by atoms with Crippen molar-refractivity contribution in [2.24, 2.45) is 5.92 Å². The first-order chi connectivity index (χ1) is 12.9. The van der Waals surface area contributed by atoms with Crippen molar-refractivity contribution in [3.63, 3.8) is 0 Å². The van der Waals surface area contributed by atoms with E-state index in [0.29, 0.717) is 37.3 Å². The lowest BCUT2D eigenvalue weighted by Gasteiger charge is -2.38. The van der Waals surface area contributed by atoms with E-state index in [0.717, 1.165) is 24.0 Å². The number of hydrogen-bond donors (Lipinski definition) is 0. The number of carbonyl (C=O) groups is 1. The molecule has 1 aromatic carbocycles. The van der Waals surface area contributed by atoms with E-state index < -0.39 is 0 Å². The molecule has 0 saturated carbocycles. The fourth-order valence-corrected chi connectivity index (χ4v) is 3.41. The van der Waals surface area contributed by atoms with Crippen LogP contribution >= 0.6 is 0 Å². The number of rotatable bonds is 6. The first-order valence-electron chi connectivity index (χ1n) is 10.2. The van der Waals surface area contributed by atoms with Crippen molar-refractivity contribution in [2.45, 2.75) is 79.1 Å². The summed E-state index contributed by atoms with van der Waals surface area (Å²) in [4.78, 5) is 11.5. The van der Waals surface area contributed by atoms with Crippen LogP contribution in [0, 0.1) is 12.8 Å². The Morgan fingerprint density at radius 1 is 1.19 bits per heavy atom. The number of hydrogen-bond acceptors (Lipinski definition) is 4. The Balaban J connectivity index is 0.000000460. The SMILES string of the molecule is CC.CC[C@H]1C(C)O[C@@H](C)CC1OC.COCCC(=O)c1ccccc1C. The van der Waals surface area contributed by atoms with Crippen LogP contribution in [0.5, 0.6) is 0 Å². The smallest absolute Gasteiger partial charge is 0.165 e. The Kier molecular flexibility index (Phi) is 14.1. The van der Waals surface area contributed by atoms with Gasteiger partial charge in [0.1, 0.15) is 0 Å². The normalized spacial score (nSPS) is 24.1. The van der Waals surface area contributed by atoms with Crippen LogP contribution < -0.4 is 0 Å². The van der Waals surface area contributed by atoms with Crippen molar-refractivity contribution in [2.75, 3.05) is 20.8 Å². The van der Waals surface area contributed by atoms with Gasteiger partial charge in [0.2, 0.25) is 0 Å². The third kappa shape index (κ3) is 9.00. The minimum Gasteiger partial charge on any atom is -0.384 e. The Bertz CT molecular complexity index is 515. The average Bonchev–Trinajstić information content (AvgIpc) is 2.68. The molecule has 4 heteroatoms. The molecule has 0 aliphatic carbocycles. The summed E-state index contributed by atoms with van der Waals surface area (Å²) in [5.41, 5.74) is 1.84. The predicted octanol–water partition coefficient (Wildman–Crippen LogP) is 5.47. The molecular formula is C23H40O4. The number of methoxy groups -OCH3 is 2. The van der Waals surface area contributed by atoms with E-state index in [1.165, 1.54) is 0 Å². The van der Waals surface area contributed by atoms with Crippen molar-refractivity contribution < 1.29 is 19.0 Å². The second-order valence-electron chi connectivity index (χ2n) is 6.71. The number of ketones is 1. The van der Waals surface area contributed by atoms with E-state index in [4.69, 9.17) is 14.2 Å². The molecule has 0 amide bonds. The lowest BCUT2D eigenvalue weighted by atomic mass is 9.88. The Morgan fingerprint density at radius 3 is 2.33 bits per heavy atom. The van der Waals surface area contributed by atoms with Crippen LogP contribution in [0.3, 0.4) is 0 Å². The fraction of sp³-hybridized carbons (Fsp3) is 0.696. The second-order valence-corrected chi connectivity index (χ2v) is 6.71. The van der Waals surface area contributed by atoms with Gasteiger partial charge < -0.3 is 14.2 Å². The van der Waals surface area contributed by atoms with Gasteiger partial charge >= 0.3 is 0 Å². The summed E-state index contributed by atoms with van der Waals surface area (Å²) < 4.78 is 16.1. The van der Waals surface area contributed by atoms with E-state index in [-0.39, 0.29) is 5.78 Å². The molecule has 1 fully saturated rings. The van der Waals surface area contributed by atoms with Crippen LogP contribution in [0.25, 0.3) is 0 Å². The van der Waals surface area contributed by atoms with E-state index >= 15 is 0 Å².